The number of amides is 2. The number of anilines is 1. The summed E-state index contributed by atoms with van der Waals surface area (Å²) in [6.07, 6.45) is 0. The fraction of sp³-hybridized carbons (Fsp3) is 0.269. The van der Waals surface area contributed by atoms with Crippen LogP contribution in [0.3, 0.4) is 0 Å². The van der Waals surface area contributed by atoms with Crippen molar-refractivity contribution in [2.45, 2.75) is 45.8 Å². The van der Waals surface area contributed by atoms with E-state index in [2.05, 4.69) is 20.7 Å². The number of carbonyl (C=O) groups excluding carboxylic acids is 2. The number of aryl methyl sites for hydroxylation is 1. The van der Waals surface area contributed by atoms with Gasteiger partial charge in [-0.2, -0.15) is 4.80 Å². The van der Waals surface area contributed by atoms with Crippen molar-refractivity contribution in [3.8, 4) is 11.4 Å². The first kappa shape index (κ1) is 24.8. The standard InChI is InChI=1S/C26H27FN6O3/c1-17-10-15-21(36-17)23(25(35)28-26(2,3)4)33(20-8-6-5-7-9-20)22(34)16-32-30-24(29-31-32)18-11-13-19(27)14-12-18/h5-15,23H,16H2,1-4H3,(H,28,35). The van der Waals surface area contributed by atoms with Crippen LogP contribution in [0.4, 0.5) is 10.1 Å². The minimum absolute atomic E-state index is 0.248. The largest absolute Gasteiger partial charge is 0.464 e. The van der Waals surface area contributed by atoms with E-state index in [1.807, 2.05) is 26.8 Å². The molecule has 186 valence electrons. The number of aromatic nitrogens is 4. The number of rotatable bonds is 7. The highest BCUT2D eigenvalue weighted by molar-refractivity contribution is 6.01. The summed E-state index contributed by atoms with van der Waals surface area (Å²) in [4.78, 5) is 29.7. The van der Waals surface area contributed by atoms with Crippen LogP contribution in [0.1, 0.15) is 38.3 Å². The normalized spacial score (nSPS) is 12.2. The van der Waals surface area contributed by atoms with Gasteiger partial charge in [0, 0.05) is 16.8 Å². The third-order valence-corrected chi connectivity index (χ3v) is 5.17. The molecule has 9 nitrogen and oxygen atoms in total. The van der Waals surface area contributed by atoms with Crippen LogP contribution in [0.2, 0.25) is 0 Å². The molecule has 0 aliphatic heterocycles. The molecule has 2 heterocycles. The summed E-state index contributed by atoms with van der Waals surface area (Å²) in [5.41, 5.74) is 0.521. The Morgan fingerprint density at radius 2 is 1.75 bits per heavy atom. The number of para-hydroxylation sites is 1. The first-order valence-corrected chi connectivity index (χ1v) is 11.4. The van der Waals surface area contributed by atoms with Gasteiger partial charge in [0.25, 0.3) is 11.8 Å². The zero-order valence-corrected chi connectivity index (χ0v) is 20.5. The van der Waals surface area contributed by atoms with Crippen molar-refractivity contribution in [3.63, 3.8) is 0 Å². The van der Waals surface area contributed by atoms with E-state index in [1.54, 1.807) is 43.3 Å². The van der Waals surface area contributed by atoms with Gasteiger partial charge in [0.1, 0.15) is 23.9 Å². The summed E-state index contributed by atoms with van der Waals surface area (Å²) in [5.74, 6) is -0.0452. The van der Waals surface area contributed by atoms with Gasteiger partial charge in [0.2, 0.25) is 5.82 Å². The van der Waals surface area contributed by atoms with Crippen molar-refractivity contribution in [2.75, 3.05) is 4.90 Å². The summed E-state index contributed by atoms with van der Waals surface area (Å²) in [7, 11) is 0. The Bertz CT molecular complexity index is 1340. The van der Waals surface area contributed by atoms with Gasteiger partial charge in [-0.05, 0) is 81.4 Å². The van der Waals surface area contributed by atoms with E-state index in [9.17, 15) is 14.0 Å². The van der Waals surface area contributed by atoms with Crippen molar-refractivity contribution >= 4 is 17.5 Å². The van der Waals surface area contributed by atoms with Crippen LogP contribution in [0.5, 0.6) is 0 Å². The van der Waals surface area contributed by atoms with E-state index in [0.29, 0.717) is 22.8 Å². The lowest BCUT2D eigenvalue weighted by Gasteiger charge is -2.32. The molecule has 0 fully saturated rings. The minimum Gasteiger partial charge on any atom is -0.464 e. The number of halogens is 1. The maximum atomic E-state index is 13.7. The summed E-state index contributed by atoms with van der Waals surface area (Å²) in [6.45, 7) is 7.07. The van der Waals surface area contributed by atoms with Crippen molar-refractivity contribution in [3.05, 3.63) is 84.1 Å². The molecule has 0 spiro atoms. The predicted molar refractivity (Wildman–Crippen MR) is 131 cm³/mol. The van der Waals surface area contributed by atoms with Crippen molar-refractivity contribution in [1.82, 2.24) is 25.5 Å². The van der Waals surface area contributed by atoms with E-state index in [-0.39, 0.29) is 18.2 Å². The molecular formula is C26H27FN6O3. The van der Waals surface area contributed by atoms with Crippen LogP contribution in [-0.4, -0.2) is 37.6 Å². The summed E-state index contributed by atoms with van der Waals surface area (Å²) < 4.78 is 19.1. The lowest BCUT2D eigenvalue weighted by molar-refractivity contribution is -0.128. The molecule has 0 radical (unpaired) electrons. The number of furan rings is 1. The molecule has 1 N–H and O–H groups in total. The second kappa shape index (κ2) is 10.1. The summed E-state index contributed by atoms with van der Waals surface area (Å²) in [6, 6.07) is 16.9. The Morgan fingerprint density at radius 1 is 1.06 bits per heavy atom. The lowest BCUT2D eigenvalue weighted by Crippen LogP contribution is -2.50. The molecule has 0 aliphatic rings. The maximum Gasteiger partial charge on any atom is 0.251 e. The maximum absolute atomic E-state index is 13.7. The molecule has 0 aliphatic carbocycles. The van der Waals surface area contributed by atoms with Gasteiger partial charge in [-0.1, -0.05) is 18.2 Å². The molecule has 4 rings (SSSR count). The highest BCUT2D eigenvalue weighted by Gasteiger charge is 2.36. The van der Waals surface area contributed by atoms with E-state index < -0.39 is 23.4 Å². The quantitative estimate of drug-likeness (QED) is 0.419. The number of benzene rings is 2. The van der Waals surface area contributed by atoms with Gasteiger partial charge in [-0.25, -0.2) is 4.39 Å². The van der Waals surface area contributed by atoms with Crippen LogP contribution < -0.4 is 10.2 Å². The molecule has 1 atom stereocenters. The molecule has 2 aromatic heterocycles. The lowest BCUT2D eigenvalue weighted by atomic mass is 10.1. The molecule has 4 aromatic rings. The molecule has 0 saturated heterocycles. The molecular weight excluding hydrogens is 463 g/mol. The molecule has 0 saturated carbocycles. The Balaban J connectivity index is 1.69. The minimum atomic E-state index is -1.08. The van der Waals surface area contributed by atoms with Gasteiger partial charge < -0.3 is 9.73 Å². The number of hydrogen-bond donors (Lipinski definition) is 1. The molecule has 0 bridgehead atoms. The third kappa shape index (κ3) is 5.83. The monoisotopic (exact) mass is 490 g/mol. The van der Waals surface area contributed by atoms with Gasteiger partial charge in [0.05, 0.1) is 0 Å². The first-order valence-electron chi connectivity index (χ1n) is 11.4. The highest BCUT2D eigenvalue weighted by Crippen LogP contribution is 2.30. The highest BCUT2D eigenvalue weighted by atomic mass is 19.1. The van der Waals surface area contributed by atoms with E-state index in [1.165, 1.54) is 29.2 Å². The van der Waals surface area contributed by atoms with Gasteiger partial charge in [-0.3, -0.25) is 14.5 Å². The van der Waals surface area contributed by atoms with Gasteiger partial charge in [0.15, 0.2) is 6.04 Å². The molecule has 2 aromatic carbocycles. The van der Waals surface area contributed by atoms with Crippen LogP contribution in [0, 0.1) is 12.7 Å². The van der Waals surface area contributed by atoms with Crippen LogP contribution in [0.15, 0.2) is 71.1 Å². The number of hydrogen-bond acceptors (Lipinski definition) is 6. The zero-order valence-electron chi connectivity index (χ0n) is 20.5. The second-order valence-electron chi connectivity index (χ2n) is 9.34. The van der Waals surface area contributed by atoms with Gasteiger partial charge >= 0.3 is 0 Å². The molecule has 36 heavy (non-hydrogen) atoms. The Labute approximate surface area is 207 Å². The fourth-order valence-electron chi connectivity index (χ4n) is 3.66. The van der Waals surface area contributed by atoms with Crippen LogP contribution in [-0.2, 0) is 16.1 Å². The smallest absolute Gasteiger partial charge is 0.251 e. The number of tetrazole rings is 1. The predicted octanol–water partition coefficient (Wildman–Crippen LogP) is 4.07. The average Bonchev–Trinajstić information content (AvgIpc) is 3.46. The summed E-state index contributed by atoms with van der Waals surface area (Å²) >= 11 is 0. The second-order valence-corrected chi connectivity index (χ2v) is 9.34. The molecule has 1 unspecified atom stereocenters. The SMILES string of the molecule is Cc1ccc(C(C(=O)NC(C)(C)C)N(C(=O)Cn2nnc(-c3ccc(F)cc3)n2)c2ccccc2)o1. The molecule has 10 heteroatoms. The first-order chi connectivity index (χ1) is 17.1. The Kier molecular flexibility index (Phi) is 6.96. The van der Waals surface area contributed by atoms with Crippen molar-refractivity contribution < 1.29 is 18.4 Å². The average molecular weight is 491 g/mol. The zero-order chi connectivity index (χ0) is 25.9. The van der Waals surface area contributed by atoms with E-state index in [4.69, 9.17) is 4.42 Å². The number of nitrogens with one attached hydrogen (secondary N) is 1. The van der Waals surface area contributed by atoms with E-state index in [0.717, 1.165) is 4.80 Å². The topological polar surface area (TPSA) is 106 Å². The van der Waals surface area contributed by atoms with Crippen molar-refractivity contribution in [1.29, 1.82) is 0 Å². The van der Waals surface area contributed by atoms with Crippen LogP contribution in [0.25, 0.3) is 11.4 Å². The van der Waals surface area contributed by atoms with Gasteiger partial charge in [-0.15, -0.1) is 10.2 Å². The van der Waals surface area contributed by atoms with Crippen molar-refractivity contribution in [2.24, 2.45) is 0 Å². The van der Waals surface area contributed by atoms with E-state index >= 15 is 0 Å². The summed E-state index contributed by atoms with van der Waals surface area (Å²) in [5, 5.41) is 15.2. The van der Waals surface area contributed by atoms with Crippen LogP contribution >= 0.6 is 0 Å². The Hall–Kier alpha value is -4.34. The number of carbonyl (C=O) groups is 2. The Morgan fingerprint density at radius 3 is 2.36 bits per heavy atom. The molecule has 2 amide bonds. The fourth-order valence-corrected chi connectivity index (χ4v) is 3.66. The third-order valence-electron chi connectivity index (χ3n) is 5.17. The number of nitrogens with zero attached hydrogens (tertiary/aromatic N) is 5.